The number of imidazole rings is 1. The first kappa shape index (κ1) is 18.7. The summed E-state index contributed by atoms with van der Waals surface area (Å²) in [7, 11) is 0. The van der Waals surface area contributed by atoms with Gasteiger partial charge in [0.25, 0.3) is 0 Å². The molecule has 3 aromatic rings. The van der Waals surface area contributed by atoms with Crippen molar-refractivity contribution in [1.29, 1.82) is 0 Å². The van der Waals surface area contributed by atoms with Gasteiger partial charge in [-0.25, -0.2) is 9.78 Å². The minimum Gasteiger partial charge on any atom is -0.465 e. The maximum absolute atomic E-state index is 10.5. The fraction of sp³-hybridized carbons (Fsp3) is 0.273. The van der Waals surface area contributed by atoms with Gasteiger partial charge in [0, 0.05) is 24.2 Å². The van der Waals surface area contributed by atoms with Crippen LogP contribution in [0, 0.1) is 6.92 Å². The molecule has 0 aliphatic carbocycles. The molecule has 0 saturated carbocycles. The second kappa shape index (κ2) is 9.03. The molecular formula is C22H25N3O2. The van der Waals surface area contributed by atoms with Crippen LogP contribution in [0.5, 0.6) is 0 Å². The van der Waals surface area contributed by atoms with Crippen LogP contribution in [0.3, 0.4) is 0 Å². The predicted octanol–water partition coefficient (Wildman–Crippen LogP) is 4.96. The second-order valence-electron chi connectivity index (χ2n) is 6.53. The van der Waals surface area contributed by atoms with Crippen molar-refractivity contribution in [2.75, 3.05) is 6.54 Å². The second-order valence-corrected chi connectivity index (χ2v) is 6.53. The number of carbonyl (C=O) groups is 1. The van der Waals surface area contributed by atoms with Crippen molar-refractivity contribution in [3.8, 4) is 22.5 Å². The van der Waals surface area contributed by atoms with E-state index in [2.05, 4.69) is 34.1 Å². The fourth-order valence-electron chi connectivity index (χ4n) is 3.29. The minimum absolute atomic E-state index is 0.499. The molecule has 0 saturated heterocycles. The van der Waals surface area contributed by atoms with Gasteiger partial charge in [-0.05, 0) is 26.2 Å². The van der Waals surface area contributed by atoms with Gasteiger partial charge in [-0.2, -0.15) is 0 Å². The average molecular weight is 363 g/mol. The van der Waals surface area contributed by atoms with Crippen LogP contribution >= 0.6 is 0 Å². The summed E-state index contributed by atoms with van der Waals surface area (Å²) in [5.41, 5.74) is 4.42. The van der Waals surface area contributed by atoms with Gasteiger partial charge in [-0.15, -0.1) is 0 Å². The van der Waals surface area contributed by atoms with Crippen molar-refractivity contribution in [3.05, 3.63) is 66.5 Å². The van der Waals surface area contributed by atoms with Crippen LogP contribution in [0.15, 0.2) is 60.7 Å². The third kappa shape index (κ3) is 4.76. The quantitative estimate of drug-likeness (QED) is 0.556. The maximum atomic E-state index is 10.5. The van der Waals surface area contributed by atoms with Gasteiger partial charge in [0.15, 0.2) is 0 Å². The Bertz CT molecular complexity index is 873. The number of benzene rings is 2. The Labute approximate surface area is 159 Å². The standard InChI is InChI=1S/C22H25N3O2/c1-17-24-20(18-11-5-2-6-12-18)21(19-13-7-3-8-14-19)25(17)16-10-4-9-15-23-22(26)27/h2-3,5-8,11-14,23H,4,9-10,15-16H2,1H3,(H,26,27). The van der Waals surface area contributed by atoms with Gasteiger partial charge in [-0.1, -0.05) is 60.7 Å². The summed E-state index contributed by atoms with van der Waals surface area (Å²) in [5, 5.41) is 11.1. The zero-order valence-electron chi connectivity index (χ0n) is 15.6. The molecule has 1 heterocycles. The number of nitrogens with one attached hydrogen (secondary N) is 1. The molecule has 0 fully saturated rings. The highest BCUT2D eigenvalue weighted by atomic mass is 16.4. The third-order valence-corrected chi connectivity index (χ3v) is 4.59. The summed E-state index contributed by atoms with van der Waals surface area (Å²) in [6.07, 6.45) is 1.82. The van der Waals surface area contributed by atoms with Crippen LogP contribution in [-0.4, -0.2) is 27.3 Å². The van der Waals surface area contributed by atoms with Crippen molar-refractivity contribution in [3.63, 3.8) is 0 Å². The maximum Gasteiger partial charge on any atom is 0.404 e. The van der Waals surface area contributed by atoms with Gasteiger partial charge in [0.2, 0.25) is 0 Å². The lowest BCUT2D eigenvalue weighted by Gasteiger charge is -2.12. The molecular weight excluding hydrogens is 338 g/mol. The van der Waals surface area contributed by atoms with E-state index < -0.39 is 6.09 Å². The van der Waals surface area contributed by atoms with E-state index in [4.69, 9.17) is 10.1 Å². The van der Waals surface area contributed by atoms with Crippen molar-refractivity contribution in [1.82, 2.24) is 14.9 Å². The van der Waals surface area contributed by atoms with Crippen LogP contribution in [-0.2, 0) is 6.54 Å². The number of aromatic nitrogens is 2. The molecule has 2 aromatic carbocycles. The predicted molar refractivity (Wildman–Crippen MR) is 108 cm³/mol. The first-order chi connectivity index (χ1) is 13.2. The monoisotopic (exact) mass is 363 g/mol. The average Bonchev–Trinajstić information content (AvgIpc) is 3.02. The molecule has 2 N–H and O–H groups in total. The number of nitrogens with zero attached hydrogens (tertiary/aromatic N) is 2. The van der Waals surface area contributed by atoms with Gasteiger partial charge < -0.3 is 15.0 Å². The summed E-state index contributed by atoms with van der Waals surface area (Å²) >= 11 is 0. The number of carboxylic acid groups (broad SMARTS) is 1. The van der Waals surface area contributed by atoms with Gasteiger partial charge >= 0.3 is 6.09 Å². The molecule has 0 bridgehead atoms. The largest absolute Gasteiger partial charge is 0.465 e. The minimum atomic E-state index is -0.959. The number of amides is 1. The fourth-order valence-corrected chi connectivity index (χ4v) is 3.29. The van der Waals surface area contributed by atoms with Crippen LogP contribution in [0.25, 0.3) is 22.5 Å². The molecule has 140 valence electrons. The number of aryl methyl sites for hydroxylation is 1. The van der Waals surface area contributed by atoms with Crippen LogP contribution < -0.4 is 5.32 Å². The Morgan fingerprint density at radius 1 is 0.963 bits per heavy atom. The number of unbranched alkanes of at least 4 members (excludes halogenated alkanes) is 2. The highest BCUT2D eigenvalue weighted by Gasteiger charge is 2.17. The van der Waals surface area contributed by atoms with Crippen LogP contribution in [0.1, 0.15) is 25.1 Å². The van der Waals surface area contributed by atoms with E-state index in [0.29, 0.717) is 6.54 Å². The Hall–Kier alpha value is -3.08. The molecule has 0 spiro atoms. The van der Waals surface area contributed by atoms with Crippen molar-refractivity contribution in [2.24, 2.45) is 0 Å². The van der Waals surface area contributed by atoms with E-state index in [1.165, 1.54) is 0 Å². The molecule has 5 nitrogen and oxygen atoms in total. The Morgan fingerprint density at radius 3 is 2.22 bits per heavy atom. The smallest absolute Gasteiger partial charge is 0.404 e. The van der Waals surface area contributed by atoms with E-state index in [1.54, 1.807) is 0 Å². The third-order valence-electron chi connectivity index (χ3n) is 4.59. The van der Waals surface area contributed by atoms with Crippen LogP contribution in [0.4, 0.5) is 4.79 Å². The molecule has 3 rings (SSSR count). The molecule has 1 aromatic heterocycles. The lowest BCUT2D eigenvalue weighted by Crippen LogP contribution is -2.21. The molecule has 0 aliphatic rings. The first-order valence-corrected chi connectivity index (χ1v) is 9.31. The normalized spacial score (nSPS) is 10.7. The van der Waals surface area contributed by atoms with E-state index in [9.17, 15) is 4.79 Å². The van der Waals surface area contributed by atoms with Crippen LogP contribution in [0.2, 0.25) is 0 Å². The van der Waals surface area contributed by atoms with E-state index in [1.807, 2.05) is 43.3 Å². The SMILES string of the molecule is Cc1nc(-c2ccccc2)c(-c2ccccc2)n1CCCCCNC(=O)O. The summed E-state index contributed by atoms with van der Waals surface area (Å²) in [4.78, 5) is 15.4. The zero-order valence-corrected chi connectivity index (χ0v) is 15.6. The number of hydrogen-bond donors (Lipinski definition) is 2. The molecule has 0 radical (unpaired) electrons. The lowest BCUT2D eigenvalue weighted by atomic mass is 10.0. The topological polar surface area (TPSA) is 67.2 Å². The van der Waals surface area contributed by atoms with E-state index in [-0.39, 0.29) is 0 Å². The molecule has 5 heteroatoms. The van der Waals surface area contributed by atoms with Gasteiger partial charge in [-0.3, -0.25) is 0 Å². The summed E-state index contributed by atoms with van der Waals surface area (Å²) in [5.74, 6) is 0.997. The Morgan fingerprint density at radius 2 is 1.59 bits per heavy atom. The Balaban J connectivity index is 1.83. The number of rotatable bonds is 8. The highest BCUT2D eigenvalue weighted by molar-refractivity contribution is 5.79. The first-order valence-electron chi connectivity index (χ1n) is 9.31. The zero-order chi connectivity index (χ0) is 19.1. The highest BCUT2D eigenvalue weighted by Crippen LogP contribution is 2.32. The summed E-state index contributed by atoms with van der Waals surface area (Å²) < 4.78 is 2.28. The van der Waals surface area contributed by atoms with Gasteiger partial charge in [0.05, 0.1) is 11.4 Å². The number of hydrogen-bond acceptors (Lipinski definition) is 2. The molecule has 0 unspecified atom stereocenters. The van der Waals surface area contributed by atoms with E-state index in [0.717, 1.165) is 54.1 Å². The van der Waals surface area contributed by atoms with Crippen molar-refractivity contribution < 1.29 is 9.90 Å². The van der Waals surface area contributed by atoms with Crippen molar-refractivity contribution in [2.45, 2.75) is 32.7 Å². The molecule has 0 atom stereocenters. The van der Waals surface area contributed by atoms with E-state index >= 15 is 0 Å². The summed E-state index contributed by atoms with van der Waals surface area (Å²) in [6, 6.07) is 20.6. The summed E-state index contributed by atoms with van der Waals surface area (Å²) in [6.45, 7) is 3.41. The Kier molecular flexibility index (Phi) is 6.26. The van der Waals surface area contributed by atoms with Gasteiger partial charge in [0.1, 0.15) is 5.82 Å². The molecule has 27 heavy (non-hydrogen) atoms. The molecule has 1 amide bonds. The van der Waals surface area contributed by atoms with Crippen molar-refractivity contribution >= 4 is 6.09 Å². The lowest BCUT2D eigenvalue weighted by molar-refractivity contribution is 0.194. The molecule has 0 aliphatic heterocycles.